The first-order chi connectivity index (χ1) is 8.45. The molecule has 5 heteroatoms. The summed E-state index contributed by atoms with van der Waals surface area (Å²) in [7, 11) is 0. The number of hydrogen-bond acceptors (Lipinski definition) is 5. The summed E-state index contributed by atoms with van der Waals surface area (Å²) >= 11 is 0. The van der Waals surface area contributed by atoms with Crippen molar-refractivity contribution in [2.24, 2.45) is 0 Å². The quantitative estimate of drug-likeness (QED) is 0.854. The van der Waals surface area contributed by atoms with Crippen LogP contribution in [0, 0.1) is 0 Å². The molecule has 2 aromatic rings. The molecule has 0 bridgehead atoms. The summed E-state index contributed by atoms with van der Waals surface area (Å²) in [4.78, 5) is 4.29. The molecule has 0 spiro atoms. The highest BCUT2D eigenvalue weighted by atomic mass is 16.5. The molecule has 1 aliphatic heterocycles. The molecule has 5 nitrogen and oxygen atoms in total. The smallest absolute Gasteiger partial charge is 0.183 e. The monoisotopic (exact) mass is 230 g/mol. The predicted molar refractivity (Wildman–Crippen MR) is 62.1 cm³/mol. The first kappa shape index (κ1) is 10.4. The van der Waals surface area contributed by atoms with Gasteiger partial charge in [0.2, 0.25) is 0 Å². The minimum atomic E-state index is 0.218. The third-order valence-electron chi connectivity index (χ3n) is 3.05. The SMILES string of the molecule is c1ccc(-c2nnoc2C2CCCCN2)nc1. The normalized spacial score (nSPS) is 20.4. The lowest BCUT2D eigenvalue weighted by molar-refractivity contribution is 0.297. The Morgan fingerprint density at radius 1 is 1.29 bits per heavy atom. The van der Waals surface area contributed by atoms with E-state index >= 15 is 0 Å². The van der Waals surface area contributed by atoms with Gasteiger partial charge in [0, 0.05) is 11.5 Å². The number of piperidine rings is 1. The molecule has 0 saturated carbocycles. The molecule has 1 N–H and O–H groups in total. The topological polar surface area (TPSA) is 63.8 Å². The van der Waals surface area contributed by atoms with Gasteiger partial charge < -0.3 is 9.84 Å². The van der Waals surface area contributed by atoms with Crippen molar-refractivity contribution in [2.75, 3.05) is 6.54 Å². The van der Waals surface area contributed by atoms with Crippen LogP contribution in [-0.4, -0.2) is 21.9 Å². The molecular weight excluding hydrogens is 216 g/mol. The average molecular weight is 230 g/mol. The van der Waals surface area contributed by atoms with Gasteiger partial charge in [0.05, 0.1) is 11.7 Å². The molecule has 2 aromatic heterocycles. The molecule has 0 radical (unpaired) electrons. The summed E-state index contributed by atoms with van der Waals surface area (Å²) in [6.07, 6.45) is 5.25. The number of aromatic nitrogens is 3. The van der Waals surface area contributed by atoms with E-state index in [9.17, 15) is 0 Å². The molecule has 0 aromatic carbocycles. The Balaban J connectivity index is 1.93. The lowest BCUT2D eigenvalue weighted by atomic mass is 10.0. The van der Waals surface area contributed by atoms with Crippen molar-refractivity contribution in [2.45, 2.75) is 25.3 Å². The van der Waals surface area contributed by atoms with Crippen molar-refractivity contribution < 1.29 is 4.52 Å². The van der Waals surface area contributed by atoms with Crippen LogP contribution >= 0.6 is 0 Å². The lowest BCUT2D eigenvalue weighted by Crippen LogP contribution is -2.26. The van der Waals surface area contributed by atoms with Gasteiger partial charge in [-0.15, -0.1) is 5.10 Å². The first-order valence-corrected chi connectivity index (χ1v) is 5.92. The molecule has 1 aliphatic rings. The molecule has 0 aliphatic carbocycles. The Morgan fingerprint density at radius 3 is 3.06 bits per heavy atom. The van der Waals surface area contributed by atoms with Crippen molar-refractivity contribution in [1.29, 1.82) is 0 Å². The molecule has 88 valence electrons. The minimum Gasteiger partial charge on any atom is -0.340 e. The van der Waals surface area contributed by atoms with Crippen molar-refractivity contribution >= 4 is 0 Å². The van der Waals surface area contributed by atoms with Crippen molar-refractivity contribution in [3.05, 3.63) is 30.2 Å². The number of pyridine rings is 1. The van der Waals surface area contributed by atoms with Gasteiger partial charge in [0.25, 0.3) is 0 Å². The average Bonchev–Trinajstić information content (AvgIpc) is 2.90. The van der Waals surface area contributed by atoms with E-state index in [2.05, 4.69) is 20.7 Å². The van der Waals surface area contributed by atoms with E-state index in [1.807, 2.05) is 18.2 Å². The zero-order chi connectivity index (χ0) is 11.5. The first-order valence-electron chi connectivity index (χ1n) is 5.92. The van der Waals surface area contributed by atoms with Gasteiger partial charge >= 0.3 is 0 Å². The van der Waals surface area contributed by atoms with E-state index in [1.165, 1.54) is 12.8 Å². The molecule has 1 saturated heterocycles. The van der Waals surface area contributed by atoms with Gasteiger partial charge in [-0.05, 0) is 31.5 Å². The zero-order valence-corrected chi connectivity index (χ0v) is 9.47. The van der Waals surface area contributed by atoms with Crippen LogP contribution in [0.25, 0.3) is 11.4 Å². The molecule has 17 heavy (non-hydrogen) atoms. The highest BCUT2D eigenvalue weighted by Gasteiger charge is 2.24. The largest absolute Gasteiger partial charge is 0.340 e. The summed E-state index contributed by atoms with van der Waals surface area (Å²) in [6.45, 7) is 1.02. The van der Waals surface area contributed by atoms with Crippen LogP contribution in [0.1, 0.15) is 31.1 Å². The molecule has 0 amide bonds. The number of nitrogens with zero attached hydrogens (tertiary/aromatic N) is 3. The Hall–Kier alpha value is -1.75. The second-order valence-electron chi connectivity index (χ2n) is 4.20. The summed E-state index contributed by atoms with van der Waals surface area (Å²) in [5.41, 5.74) is 1.57. The van der Waals surface area contributed by atoms with Crippen LogP contribution in [0.2, 0.25) is 0 Å². The molecular formula is C12H14N4O. The summed E-state index contributed by atoms with van der Waals surface area (Å²) in [6, 6.07) is 5.96. The second kappa shape index (κ2) is 4.63. The fourth-order valence-electron chi connectivity index (χ4n) is 2.18. The van der Waals surface area contributed by atoms with E-state index in [-0.39, 0.29) is 6.04 Å². The number of hydrogen-bond donors (Lipinski definition) is 1. The Morgan fingerprint density at radius 2 is 2.29 bits per heavy atom. The van der Waals surface area contributed by atoms with Gasteiger partial charge in [-0.25, -0.2) is 0 Å². The van der Waals surface area contributed by atoms with Crippen molar-refractivity contribution in [3.8, 4) is 11.4 Å². The van der Waals surface area contributed by atoms with Crippen LogP contribution in [0.4, 0.5) is 0 Å². The van der Waals surface area contributed by atoms with Crippen LogP contribution in [0.5, 0.6) is 0 Å². The highest BCUT2D eigenvalue weighted by molar-refractivity contribution is 5.55. The van der Waals surface area contributed by atoms with E-state index < -0.39 is 0 Å². The van der Waals surface area contributed by atoms with Gasteiger partial charge in [-0.3, -0.25) is 4.98 Å². The molecule has 3 rings (SSSR count). The van der Waals surface area contributed by atoms with Crippen LogP contribution in [0.3, 0.4) is 0 Å². The molecule has 1 atom stereocenters. The molecule has 1 fully saturated rings. The third-order valence-corrected chi connectivity index (χ3v) is 3.05. The van der Waals surface area contributed by atoms with Gasteiger partial charge in [-0.1, -0.05) is 12.5 Å². The maximum absolute atomic E-state index is 5.29. The van der Waals surface area contributed by atoms with Crippen molar-refractivity contribution in [1.82, 2.24) is 20.7 Å². The highest BCUT2D eigenvalue weighted by Crippen LogP contribution is 2.29. The van der Waals surface area contributed by atoms with E-state index in [0.29, 0.717) is 0 Å². The third kappa shape index (κ3) is 2.06. The fraction of sp³-hybridized carbons (Fsp3) is 0.417. The van der Waals surface area contributed by atoms with E-state index in [1.54, 1.807) is 6.20 Å². The predicted octanol–water partition coefficient (Wildman–Crippen LogP) is 1.95. The summed E-state index contributed by atoms with van der Waals surface area (Å²) in [5, 5.41) is 11.1. The van der Waals surface area contributed by atoms with Gasteiger partial charge in [0.1, 0.15) is 0 Å². The number of rotatable bonds is 2. The van der Waals surface area contributed by atoms with E-state index in [4.69, 9.17) is 4.52 Å². The summed E-state index contributed by atoms with van der Waals surface area (Å²) in [5.74, 6) is 0.809. The maximum Gasteiger partial charge on any atom is 0.183 e. The zero-order valence-electron chi connectivity index (χ0n) is 9.47. The maximum atomic E-state index is 5.29. The Kier molecular flexibility index (Phi) is 2.83. The second-order valence-corrected chi connectivity index (χ2v) is 4.20. The molecule has 3 heterocycles. The summed E-state index contributed by atoms with van der Waals surface area (Å²) < 4.78 is 5.29. The standard InChI is InChI=1S/C12H14N4O/c1-3-7-13-9(5-1)11-12(17-16-15-11)10-6-2-4-8-14-10/h1,3,5,7,10,14H,2,4,6,8H2. The van der Waals surface area contributed by atoms with Crippen LogP contribution in [-0.2, 0) is 0 Å². The Labute approximate surface area is 99.2 Å². The molecule has 1 unspecified atom stereocenters. The van der Waals surface area contributed by atoms with Crippen molar-refractivity contribution in [3.63, 3.8) is 0 Å². The van der Waals surface area contributed by atoms with E-state index in [0.717, 1.165) is 30.1 Å². The Bertz CT molecular complexity index is 476. The van der Waals surface area contributed by atoms with Crippen LogP contribution in [0.15, 0.2) is 28.9 Å². The van der Waals surface area contributed by atoms with Crippen LogP contribution < -0.4 is 5.32 Å². The van der Waals surface area contributed by atoms with Gasteiger partial charge in [0.15, 0.2) is 11.5 Å². The number of nitrogens with one attached hydrogen (secondary N) is 1. The van der Waals surface area contributed by atoms with Gasteiger partial charge in [-0.2, -0.15) is 0 Å². The fourth-order valence-corrected chi connectivity index (χ4v) is 2.18. The minimum absolute atomic E-state index is 0.218. The lowest BCUT2D eigenvalue weighted by Gasteiger charge is -2.21.